The minimum atomic E-state index is -0.0179. The minimum Gasteiger partial charge on any atom is -0.293 e. The van der Waals surface area contributed by atoms with Gasteiger partial charge in [0.2, 0.25) is 0 Å². The molecule has 1 aromatic heterocycles. The third-order valence-corrected chi connectivity index (χ3v) is 3.09. The number of hydrogen-bond acceptors (Lipinski definition) is 3. The average Bonchev–Trinajstić information content (AvgIpc) is 2.90. The summed E-state index contributed by atoms with van der Waals surface area (Å²) in [6, 6.07) is 7.44. The molecule has 3 heteroatoms. The van der Waals surface area contributed by atoms with Crippen molar-refractivity contribution in [2.24, 2.45) is 5.92 Å². The molecule has 1 fully saturated rings. The van der Waals surface area contributed by atoms with Crippen LogP contribution in [-0.4, -0.2) is 10.8 Å². The van der Waals surface area contributed by atoms with Gasteiger partial charge in [-0.3, -0.25) is 9.78 Å². The summed E-state index contributed by atoms with van der Waals surface area (Å²) in [5.74, 6) is 0.0280. The van der Waals surface area contributed by atoms with Gasteiger partial charge in [-0.2, -0.15) is 5.26 Å². The van der Waals surface area contributed by atoms with Crippen molar-refractivity contribution in [3.05, 3.63) is 35.7 Å². The maximum Gasteiger partial charge on any atom is 0.176 e. The first-order valence-corrected chi connectivity index (χ1v) is 5.88. The highest BCUT2D eigenvalue weighted by Gasteiger charge is 2.25. The van der Waals surface area contributed by atoms with E-state index in [1.807, 2.05) is 18.2 Å². The van der Waals surface area contributed by atoms with E-state index in [1.54, 1.807) is 18.3 Å². The highest BCUT2D eigenvalue weighted by Crippen LogP contribution is 2.27. The lowest BCUT2D eigenvalue weighted by Crippen LogP contribution is -2.12. The first-order chi connectivity index (χ1) is 8.31. The fraction of sp³-hybridized carbons (Fsp3) is 0.357. The molecule has 0 amide bonds. The molecule has 0 saturated heterocycles. The zero-order chi connectivity index (χ0) is 12.1. The number of carbonyl (C=O) groups is 1. The average molecular weight is 226 g/mol. The fourth-order valence-corrected chi connectivity index (χ4v) is 2.18. The van der Waals surface area contributed by atoms with E-state index < -0.39 is 0 Å². The van der Waals surface area contributed by atoms with E-state index in [2.05, 4.69) is 4.98 Å². The molecule has 0 aromatic carbocycles. The normalized spacial score (nSPS) is 16.8. The van der Waals surface area contributed by atoms with Crippen LogP contribution in [0.1, 0.15) is 31.4 Å². The van der Waals surface area contributed by atoms with Gasteiger partial charge in [0.1, 0.15) is 6.07 Å². The molecular formula is C14H14N2O. The molecule has 17 heavy (non-hydrogen) atoms. The van der Waals surface area contributed by atoms with E-state index in [0.29, 0.717) is 5.69 Å². The predicted molar refractivity (Wildman–Crippen MR) is 64.8 cm³/mol. The van der Waals surface area contributed by atoms with E-state index >= 15 is 0 Å². The van der Waals surface area contributed by atoms with Gasteiger partial charge in [-0.25, -0.2) is 0 Å². The second-order valence-electron chi connectivity index (χ2n) is 4.27. The first-order valence-electron chi connectivity index (χ1n) is 5.88. The third-order valence-electron chi connectivity index (χ3n) is 3.09. The van der Waals surface area contributed by atoms with Gasteiger partial charge < -0.3 is 0 Å². The third kappa shape index (κ3) is 2.79. The quantitative estimate of drug-likeness (QED) is 0.588. The predicted octanol–water partition coefficient (Wildman–Crippen LogP) is 2.75. The van der Waals surface area contributed by atoms with Crippen LogP contribution in [0.15, 0.2) is 30.0 Å². The van der Waals surface area contributed by atoms with Crippen LogP contribution in [0.4, 0.5) is 0 Å². The van der Waals surface area contributed by atoms with Gasteiger partial charge in [-0.15, -0.1) is 0 Å². The molecule has 0 N–H and O–H groups in total. The zero-order valence-electron chi connectivity index (χ0n) is 9.60. The maximum atomic E-state index is 12.1. The highest BCUT2D eigenvalue weighted by atomic mass is 16.1. The molecular weight excluding hydrogens is 212 g/mol. The SMILES string of the molecule is N#C/C(=C\c1ccccn1)C(=O)C1CCCC1. The molecule has 0 bridgehead atoms. The molecule has 0 unspecified atom stereocenters. The van der Waals surface area contributed by atoms with Crippen LogP contribution in [0.25, 0.3) is 6.08 Å². The molecule has 0 spiro atoms. The standard InChI is InChI=1S/C14H14N2O/c15-10-12(9-13-7-3-4-8-16-13)14(17)11-5-1-2-6-11/h3-4,7-9,11H,1-2,5-6H2/b12-9+. The second kappa shape index (κ2) is 5.40. The summed E-state index contributed by atoms with van der Waals surface area (Å²) >= 11 is 0. The smallest absolute Gasteiger partial charge is 0.176 e. The summed E-state index contributed by atoms with van der Waals surface area (Å²) in [4.78, 5) is 16.2. The van der Waals surface area contributed by atoms with Crippen molar-refractivity contribution < 1.29 is 4.79 Å². The molecule has 1 heterocycles. The zero-order valence-corrected chi connectivity index (χ0v) is 9.60. The molecule has 2 rings (SSSR count). The van der Waals surface area contributed by atoms with Gasteiger partial charge >= 0.3 is 0 Å². The van der Waals surface area contributed by atoms with Crippen molar-refractivity contribution in [2.45, 2.75) is 25.7 Å². The van der Waals surface area contributed by atoms with Crippen LogP contribution < -0.4 is 0 Å². The number of pyridine rings is 1. The van der Waals surface area contributed by atoms with Crippen LogP contribution >= 0.6 is 0 Å². The monoisotopic (exact) mass is 226 g/mol. The molecule has 0 aliphatic heterocycles. The van der Waals surface area contributed by atoms with E-state index in [0.717, 1.165) is 25.7 Å². The number of hydrogen-bond donors (Lipinski definition) is 0. The van der Waals surface area contributed by atoms with E-state index in [-0.39, 0.29) is 17.3 Å². The van der Waals surface area contributed by atoms with Crippen LogP contribution in [-0.2, 0) is 4.79 Å². The topological polar surface area (TPSA) is 53.8 Å². The Kier molecular flexibility index (Phi) is 3.66. The van der Waals surface area contributed by atoms with Crippen molar-refractivity contribution in [3.63, 3.8) is 0 Å². The minimum absolute atomic E-state index is 0.0179. The van der Waals surface area contributed by atoms with Gasteiger partial charge in [0.15, 0.2) is 5.78 Å². The Labute approximate surface area is 101 Å². The summed E-state index contributed by atoms with van der Waals surface area (Å²) < 4.78 is 0. The first kappa shape index (κ1) is 11.5. The van der Waals surface area contributed by atoms with Crippen LogP contribution in [0.3, 0.4) is 0 Å². The molecule has 86 valence electrons. The van der Waals surface area contributed by atoms with E-state index in [4.69, 9.17) is 5.26 Å². The summed E-state index contributed by atoms with van der Waals surface area (Å²) in [5, 5.41) is 9.05. The van der Waals surface area contributed by atoms with Crippen molar-refractivity contribution >= 4 is 11.9 Å². The lowest BCUT2D eigenvalue weighted by molar-refractivity contribution is -0.118. The number of aromatic nitrogens is 1. The second-order valence-corrected chi connectivity index (χ2v) is 4.27. The molecule has 1 saturated carbocycles. The number of allylic oxidation sites excluding steroid dienone is 1. The van der Waals surface area contributed by atoms with E-state index in [1.165, 1.54) is 0 Å². The van der Waals surface area contributed by atoms with Crippen molar-refractivity contribution in [1.29, 1.82) is 5.26 Å². The van der Waals surface area contributed by atoms with Crippen molar-refractivity contribution in [2.75, 3.05) is 0 Å². The summed E-state index contributed by atoms with van der Waals surface area (Å²) in [5.41, 5.74) is 0.894. The Morgan fingerprint density at radius 2 is 2.18 bits per heavy atom. The Balaban J connectivity index is 2.19. The highest BCUT2D eigenvalue weighted by molar-refractivity contribution is 6.04. The van der Waals surface area contributed by atoms with Gasteiger partial charge in [0.25, 0.3) is 0 Å². The Morgan fingerprint density at radius 1 is 1.41 bits per heavy atom. The van der Waals surface area contributed by atoms with Crippen molar-refractivity contribution in [1.82, 2.24) is 4.98 Å². The van der Waals surface area contributed by atoms with Crippen molar-refractivity contribution in [3.8, 4) is 6.07 Å². The van der Waals surface area contributed by atoms with Crippen LogP contribution in [0.5, 0.6) is 0 Å². The number of Topliss-reactive ketones (excluding diaryl/α,β-unsaturated/α-hetero) is 1. The lowest BCUT2D eigenvalue weighted by Gasteiger charge is -2.05. The molecule has 0 atom stereocenters. The van der Waals surface area contributed by atoms with Gasteiger partial charge in [-0.05, 0) is 31.1 Å². The van der Waals surface area contributed by atoms with Gasteiger partial charge in [0, 0.05) is 12.1 Å². The largest absolute Gasteiger partial charge is 0.293 e. The van der Waals surface area contributed by atoms with Gasteiger partial charge in [-0.1, -0.05) is 18.9 Å². The number of ketones is 1. The van der Waals surface area contributed by atoms with Gasteiger partial charge in [0.05, 0.1) is 11.3 Å². The maximum absolute atomic E-state index is 12.1. The lowest BCUT2D eigenvalue weighted by atomic mass is 9.96. The molecule has 1 aliphatic rings. The number of nitriles is 1. The molecule has 3 nitrogen and oxygen atoms in total. The number of carbonyl (C=O) groups excluding carboxylic acids is 1. The Morgan fingerprint density at radius 3 is 2.76 bits per heavy atom. The van der Waals surface area contributed by atoms with Crippen LogP contribution in [0.2, 0.25) is 0 Å². The summed E-state index contributed by atoms with van der Waals surface area (Å²) in [7, 11) is 0. The van der Waals surface area contributed by atoms with Crippen LogP contribution in [0, 0.1) is 17.2 Å². The molecule has 1 aliphatic carbocycles. The fourth-order valence-electron chi connectivity index (χ4n) is 2.18. The summed E-state index contributed by atoms with van der Waals surface area (Å²) in [6.45, 7) is 0. The molecule has 1 aromatic rings. The molecule has 0 radical (unpaired) electrons. The number of rotatable bonds is 3. The Hall–Kier alpha value is -1.95. The van der Waals surface area contributed by atoms with E-state index in [9.17, 15) is 4.79 Å². The summed E-state index contributed by atoms with van der Waals surface area (Å²) in [6.07, 6.45) is 7.26. The number of nitrogens with zero attached hydrogens (tertiary/aromatic N) is 2. The Bertz CT molecular complexity index is 465.